The number of nitrogens with two attached hydrogens (primary N) is 2. The van der Waals surface area contributed by atoms with Gasteiger partial charge < -0.3 is 42.6 Å². The Bertz CT molecular complexity index is 1070. The first kappa shape index (κ1) is 29.7. The number of aliphatic hydroxyl groups excluding tert-OH is 1. The predicted octanol–water partition coefficient (Wildman–Crippen LogP) is -0.646. The second kappa shape index (κ2) is 14.3. The van der Waals surface area contributed by atoms with Crippen molar-refractivity contribution in [3.8, 4) is 0 Å². The lowest BCUT2D eigenvalue weighted by molar-refractivity contribution is -0.143. The van der Waals surface area contributed by atoms with Gasteiger partial charge in [-0.2, -0.15) is 0 Å². The van der Waals surface area contributed by atoms with E-state index in [1.54, 1.807) is 20.0 Å². The molecule has 37 heavy (non-hydrogen) atoms. The Labute approximate surface area is 215 Å². The minimum atomic E-state index is -1.23. The first-order chi connectivity index (χ1) is 17.6. The molecule has 0 aliphatic heterocycles. The van der Waals surface area contributed by atoms with Crippen molar-refractivity contribution in [1.82, 2.24) is 20.9 Å². The van der Waals surface area contributed by atoms with Crippen molar-refractivity contribution in [2.75, 3.05) is 13.2 Å². The Morgan fingerprint density at radius 2 is 1.62 bits per heavy atom. The highest BCUT2D eigenvalue weighted by molar-refractivity contribution is 5.95. The molecule has 0 saturated heterocycles. The van der Waals surface area contributed by atoms with Gasteiger partial charge in [0, 0.05) is 23.5 Å². The monoisotopic (exact) mass is 518 g/mol. The number of carboxylic acid groups (broad SMARTS) is 1. The highest BCUT2D eigenvalue weighted by atomic mass is 16.4. The van der Waals surface area contributed by atoms with Crippen molar-refractivity contribution in [3.63, 3.8) is 0 Å². The number of unbranched alkanes of at least 4 members (excludes halogenated alkanes) is 1. The molecule has 12 nitrogen and oxygen atoms in total. The van der Waals surface area contributed by atoms with Gasteiger partial charge >= 0.3 is 5.97 Å². The topological polar surface area (TPSA) is 213 Å². The van der Waals surface area contributed by atoms with Crippen LogP contribution in [0, 0.1) is 5.92 Å². The summed E-state index contributed by atoms with van der Waals surface area (Å²) in [5, 5.41) is 27.3. The maximum absolute atomic E-state index is 13.4. The molecule has 3 amide bonds. The van der Waals surface area contributed by atoms with Crippen LogP contribution in [0.15, 0.2) is 30.5 Å². The number of hydrogen-bond donors (Lipinski definition) is 8. The number of rotatable bonds is 15. The quantitative estimate of drug-likeness (QED) is 0.142. The summed E-state index contributed by atoms with van der Waals surface area (Å²) in [7, 11) is 0. The molecule has 0 fully saturated rings. The summed E-state index contributed by atoms with van der Waals surface area (Å²) in [5.41, 5.74) is 12.8. The van der Waals surface area contributed by atoms with E-state index in [0.717, 1.165) is 16.5 Å². The standard InChI is InChI=1S/C25H38N6O6/c1-14(2)21(25(36)37)31-23(34)19(9-5-6-10-26)29-24(35)20(30-22(33)17(27)13-32)11-15-12-28-18-8-4-3-7-16(15)18/h3-4,7-8,12,14,17,19-21,28,32H,5-6,9-11,13,26-27H2,1-2H3,(H,29,35)(H,30,33)(H,31,34)(H,36,37). The van der Waals surface area contributed by atoms with E-state index in [4.69, 9.17) is 11.5 Å². The average molecular weight is 519 g/mol. The molecule has 0 radical (unpaired) electrons. The number of fused-ring (bicyclic) bond motifs is 1. The number of amides is 3. The SMILES string of the molecule is CC(C)C(NC(=O)C(CCCCN)NC(=O)C(Cc1c[nH]c2ccccc12)NC(=O)C(N)CO)C(=O)O. The number of para-hydroxylation sites is 1. The van der Waals surface area contributed by atoms with Crippen molar-refractivity contribution in [1.29, 1.82) is 0 Å². The summed E-state index contributed by atoms with van der Waals surface area (Å²) in [6.07, 6.45) is 3.16. The Kier molecular flexibility index (Phi) is 11.5. The number of nitrogens with one attached hydrogen (secondary N) is 4. The lowest BCUT2D eigenvalue weighted by atomic mass is 10.0. The van der Waals surface area contributed by atoms with Crippen LogP contribution in [-0.2, 0) is 25.6 Å². The number of aliphatic carboxylic acids is 1. The van der Waals surface area contributed by atoms with Crippen LogP contribution >= 0.6 is 0 Å². The number of aromatic nitrogens is 1. The second-order valence-corrected chi connectivity index (χ2v) is 9.33. The van der Waals surface area contributed by atoms with Gasteiger partial charge in [-0.05, 0) is 43.4 Å². The first-order valence-electron chi connectivity index (χ1n) is 12.3. The van der Waals surface area contributed by atoms with Crippen LogP contribution in [0.3, 0.4) is 0 Å². The predicted molar refractivity (Wildman–Crippen MR) is 138 cm³/mol. The fourth-order valence-corrected chi connectivity index (χ4v) is 3.89. The highest BCUT2D eigenvalue weighted by Gasteiger charge is 2.31. The van der Waals surface area contributed by atoms with Gasteiger partial charge in [-0.25, -0.2) is 4.79 Å². The molecule has 12 heteroatoms. The smallest absolute Gasteiger partial charge is 0.326 e. The van der Waals surface area contributed by atoms with Crippen molar-refractivity contribution in [2.24, 2.45) is 17.4 Å². The second-order valence-electron chi connectivity index (χ2n) is 9.33. The van der Waals surface area contributed by atoms with E-state index in [9.17, 15) is 29.4 Å². The lowest BCUT2D eigenvalue weighted by Crippen LogP contribution is -2.58. The molecule has 204 valence electrons. The summed E-state index contributed by atoms with van der Waals surface area (Å²) in [6, 6.07) is 2.93. The van der Waals surface area contributed by atoms with Crippen LogP contribution in [0.25, 0.3) is 10.9 Å². The van der Waals surface area contributed by atoms with Crippen LogP contribution < -0.4 is 27.4 Å². The Hall–Kier alpha value is -3.48. The zero-order valence-electron chi connectivity index (χ0n) is 21.2. The number of carbonyl (C=O) groups excluding carboxylic acids is 3. The summed E-state index contributed by atoms with van der Waals surface area (Å²) in [4.78, 5) is 53.6. The number of aromatic amines is 1. The van der Waals surface area contributed by atoms with Gasteiger partial charge in [0.15, 0.2) is 0 Å². The fourth-order valence-electron chi connectivity index (χ4n) is 3.89. The maximum Gasteiger partial charge on any atom is 0.326 e. The van der Waals surface area contributed by atoms with E-state index >= 15 is 0 Å². The molecule has 0 spiro atoms. The molecule has 0 bridgehead atoms. The Morgan fingerprint density at radius 1 is 0.973 bits per heavy atom. The highest BCUT2D eigenvalue weighted by Crippen LogP contribution is 2.19. The van der Waals surface area contributed by atoms with Gasteiger partial charge in [0.1, 0.15) is 24.2 Å². The number of benzene rings is 1. The van der Waals surface area contributed by atoms with Crippen LogP contribution in [0.4, 0.5) is 0 Å². The summed E-state index contributed by atoms with van der Waals surface area (Å²) >= 11 is 0. The third kappa shape index (κ3) is 8.55. The van der Waals surface area contributed by atoms with Gasteiger partial charge in [-0.3, -0.25) is 14.4 Å². The lowest BCUT2D eigenvalue weighted by Gasteiger charge is -2.26. The number of aliphatic hydroxyl groups is 1. The van der Waals surface area contributed by atoms with Gasteiger partial charge in [-0.1, -0.05) is 32.0 Å². The average Bonchev–Trinajstić information content (AvgIpc) is 3.27. The Morgan fingerprint density at radius 3 is 2.24 bits per heavy atom. The van der Waals surface area contributed by atoms with Crippen LogP contribution in [0.1, 0.15) is 38.7 Å². The first-order valence-corrected chi connectivity index (χ1v) is 12.3. The number of carboxylic acids is 1. The summed E-state index contributed by atoms with van der Waals surface area (Å²) in [5.74, 6) is -3.57. The van der Waals surface area contributed by atoms with E-state index < -0.39 is 54.5 Å². The van der Waals surface area contributed by atoms with E-state index in [0.29, 0.717) is 19.4 Å². The molecule has 4 atom stereocenters. The molecule has 1 aromatic carbocycles. The van der Waals surface area contributed by atoms with Gasteiger partial charge in [-0.15, -0.1) is 0 Å². The van der Waals surface area contributed by atoms with Crippen molar-refractivity contribution < 1.29 is 29.4 Å². The van der Waals surface area contributed by atoms with E-state index in [-0.39, 0.29) is 18.8 Å². The summed E-state index contributed by atoms with van der Waals surface area (Å²) < 4.78 is 0. The van der Waals surface area contributed by atoms with E-state index in [2.05, 4.69) is 20.9 Å². The molecule has 10 N–H and O–H groups in total. The van der Waals surface area contributed by atoms with E-state index in [1.807, 2.05) is 24.3 Å². The Balaban J connectivity index is 2.28. The molecule has 0 aliphatic rings. The maximum atomic E-state index is 13.4. The third-order valence-corrected chi connectivity index (χ3v) is 6.08. The molecule has 1 heterocycles. The molecule has 1 aromatic heterocycles. The van der Waals surface area contributed by atoms with Gasteiger partial charge in [0.05, 0.1) is 6.61 Å². The molecule has 2 rings (SSSR count). The largest absolute Gasteiger partial charge is 0.480 e. The number of carbonyl (C=O) groups is 4. The minimum absolute atomic E-state index is 0.0839. The normalized spacial score (nSPS) is 14.5. The zero-order valence-corrected chi connectivity index (χ0v) is 21.2. The number of hydrogen-bond acceptors (Lipinski definition) is 7. The summed E-state index contributed by atoms with van der Waals surface area (Å²) in [6.45, 7) is 3.12. The molecule has 4 unspecified atom stereocenters. The van der Waals surface area contributed by atoms with Crippen molar-refractivity contribution in [3.05, 3.63) is 36.0 Å². The van der Waals surface area contributed by atoms with Crippen LogP contribution in [0.2, 0.25) is 0 Å². The molecule has 0 aliphatic carbocycles. The van der Waals surface area contributed by atoms with Crippen LogP contribution in [0.5, 0.6) is 0 Å². The molecule has 2 aromatic rings. The molecule has 0 saturated carbocycles. The third-order valence-electron chi connectivity index (χ3n) is 6.08. The van der Waals surface area contributed by atoms with Gasteiger partial charge in [0.25, 0.3) is 0 Å². The fraction of sp³-hybridized carbons (Fsp3) is 0.520. The van der Waals surface area contributed by atoms with Crippen molar-refractivity contribution >= 4 is 34.6 Å². The zero-order chi connectivity index (χ0) is 27.5. The molecular formula is C25H38N6O6. The van der Waals surface area contributed by atoms with Crippen molar-refractivity contribution in [2.45, 2.75) is 63.7 Å². The minimum Gasteiger partial charge on any atom is -0.480 e. The van der Waals surface area contributed by atoms with E-state index in [1.165, 1.54) is 0 Å². The van der Waals surface area contributed by atoms with Crippen LogP contribution in [-0.4, -0.2) is 76.2 Å². The molecular weight excluding hydrogens is 480 g/mol. The number of H-pyrrole nitrogens is 1. The van der Waals surface area contributed by atoms with Gasteiger partial charge in [0.2, 0.25) is 17.7 Å².